The average molecular weight is 294 g/mol. The summed E-state index contributed by atoms with van der Waals surface area (Å²) in [5.41, 5.74) is -0.0313. The van der Waals surface area contributed by atoms with Crippen molar-refractivity contribution in [1.29, 1.82) is 0 Å². The molecule has 86 valence electrons. The van der Waals surface area contributed by atoms with Crippen LogP contribution in [0, 0.1) is 0 Å². The van der Waals surface area contributed by atoms with Crippen LogP contribution in [0.3, 0.4) is 0 Å². The van der Waals surface area contributed by atoms with E-state index in [1.54, 1.807) is 36.4 Å². The molecule has 0 bridgehead atoms. The van der Waals surface area contributed by atoms with Crippen LogP contribution in [0.5, 0.6) is 0 Å². The van der Waals surface area contributed by atoms with Crippen LogP contribution in [0.15, 0.2) is 57.9 Å². The molecule has 1 aromatic carbocycles. The van der Waals surface area contributed by atoms with Gasteiger partial charge in [0.2, 0.25) is 0 Å². The lowest BCUT2D eigenvalue weighted by Gasteiger charge is -2.06. The highest BCUT2D eigenvalue weighted by atomic mass is 79.9. The molecule has 2 rings (SSSR count). The molecule has 17 heavy (non-hydrogen) atoms. The van der Waals surface area contributed by atoms with Crippen LogP contribution in [0.2, 0.25) is 0 Å². The predicted octanol–water partition coefficient (Wildman–Crippen LogP) is 1.88. The van der Waals surface area contributed by atoms with Gasteiger partial charge in [-0.15, -0.1) is 4.73 Å². The summed E-state index contributed by atoms with van der Waals surface area (Å²) >= 11 is 3.24. The number of carbonyl (C=O) groups is 1. The Morgan fingerprint density at radius 2 is 1.82 bits per heavy atom. The van der Waals surface area contributed by atoms with E-state index < -0.39 is 11.5 Å². The smallest absolute Gasteiger partial charge is 0.328 e. The third-order valence-corrected chi connectivity index (χ3v) is 2.76. The van der Waals surface area contributed by atoms with E-state index in [1.807, 2.05) is 0 Å². The van der Waals surface area contributed by atoms with Gasteiger partial charge >= 0.3 is 5.97 Å². The van der Waals surface area contributed by atoms with Gasteiger partial charge in [-0.2, -0.15) is 0 Å². The van der Waals surface area contributed by atoms with Crippen molar-refractivity contribution >= 4 is 21.9 Å². The Kier molecular flexibility index (Phi) is 3.39. The molecular weight excluding hydrogens is 286 g/mol. The number of rotatable bonds is 2. The van der Waals surface area contributed by atoms with Gasteiger partial charge in [0.1, 0.15) is 0 Å². The first-order valence-corrected chi connectivity index (χ1v) is 5.62. The average Bonchev–Trinajstić information content (AvgIpc) is 2.32. The number of carbonyl (C=O) groups excluding carboxylic acids is 1. The minimum Gasteiger partial charge on any atom is -0.328 e. The molecule has 1 aromatic heterocycles. The van der Waals surface area contributed by atoms with Gasteiger partial charge < -0.3 is 4.84 Å². The minimum absolute atomic E-state index is 0.364. The van der Waals surface area contributed by atoms with Gasteiger partial charge in [0.15, 0.2) is 0 Å². The van der Waals surface area contributed by atoms with Crippen molar-refractivity contribution in [3.63, 3.8) is 0 Å². The van der Waals surface area contributed by atoms with Crippen molar-refractivity contribution in [3.05, 3.63) is 69.1 Å². The Balaban J connectivity index is 2.27. The van der Waals surface area contributed by atoms with Gasteiger partial charge in [0, 0.05) is 16.7 Å². The first-order valence-electron chi connectivity index (χ1n) is 4.83. The first kappa shape index (κ1) is 11.6. The Morgan fingerprint density at radius 1 is 1.12 bits per heavy atom. The number of halogens is 1. The molecule has 0 spiro atoms. The van der Waals surface area contributed by atoms with Crippen LogP contribution < -0.4 is 10.4 Å². The van der Waals surface area contributed by atoms with Crippen molar-refractivity contribution in [1.82, 2.24) is 4.73 Å². The van der Waals surface area contributed by atoms with E-state index in [-0.39, 0.29) is 0 Å². The van der Waals surface area contributed by atoms with Gasteiger partial charge in [0.25, 0.3) is 5.56 Å². The van der Waals surface area contributed by atoms with Crippen LogP contribution in [0.1, 0.15) is 10.4 Å². The third-order valence-electron chi connectivity index (χ3n) is 2.06. The quantitative estimate of drug-likeness (QED) is 0.849. The van der Waals surface area contributed by atoms with Crippen molar-refractivity contribution in [2.75, 3.05) is 0 Å². The highest BCUT2D eigenvalue weighted by Crippen LogP contribution is 2.15. The summed E-state index contributed by atoms with van der Waals surface area (Å²) in [5, 5.41) is 0. The fourth-order valence-electron chi connectivity index (χ4n) is 1.25. The first-order chi connectivity index (χ1) is 8.18. The maximum atomic E-state index is 11.8. The fourth-order valence-corrected chi connectivity index (χ4v) is 1.70. The second kappa shape index (κ2) is 4.97. The number of nitrogens with zero attached hydrogens (tertiary/aromatic N) is 1. The Labute approximate surface area is 106 Å². The molecular formula is C12H8BrNO3. The summed E-state index contributed by atoms with van der Waals surface area (Å²) in [6.45, 7) is 0. The summed E-state index contributed by atoms with van der Waals surface area (Å²) in [6, 6.07) is 11.3. The van der Waals surface area contributed by atoms with Crippen LogP contribution in [0.25, 0.3) is 0 Å². The standard InChI is InChI=1S/C12H8BrNO3/c13-10-6-2-1-5-9(10)12(16)17-14-8-4-3-7-11(14)15/h1-8H. The van der Waals surface area contributed by atoms with E-state index in [9.17, 15) is 9.59 Å². The van der Waals surface area contributed by atoms with Gasteiger partial charge in [0.05, 0.1) is 5.56 Å². The normalized spacial score (nSPS) is 9.94. The SMILES string of the molecule is O=C(On1ccccc1=O)c1ccccc1Br. The lowest BCUT2D eigenvalue weighted by molar-refractivity contribution is 0.0441. The topological polar surface area (TPSA) is 48.3 Å². The largest absolute Gasteiger partial charge is 0.364 e. The van der Waals surface area contributed by atoms with Crippen molar-refractivity contribution < 1.29 is 9.63 Å². The van der Waals surface area contributed by atoms with Gasteiger partial charge in [-0.1, -0.05) is 18.2 Å². The maximum absolute atomic E-state index is 11.8. The van der Waals surface area contributed by atoms with Crippen LogP contribution in [0.4, 0.5) is 0 Å². The highest BCUT2D eigenvalue weighted by molar-refractivity contribution is 9.10. The van der Waals surface area contributed by atoms with Crippen molar-refractivity contribution in [2.24, 2.45) is 0 Å². The molecule has 0 radical (unpaired) electrons. The molecule has 0 saturated heterocycles. The third kappa shape index (κ3) is 2.62. The Hall–Kier alpha value is -1.88. The zero-order valence-corrected chi connectivity index (χ0v) is 10.3. The lowest BCUT2D eigenvalue weighted by atomic mass is 10.2. The zero-order chi connectivity index (χ0) is 12.3. The molecule has 2 aromatic rings. The molecule has 0 aliphatic carbocycles. The number of benzene rings is 1. The number of pyridine rings is 1. The summed E-state index contributed by atoms with van der Waals surface area (Å²) in [7, 11) is 0. The molecule has 0 amide bonds. The second-order valence-electron chi connectivity index (χ2n) is 3.22. The summed E-state index contributed by atoms with van der Waals surface area (Å²) in [4.78, 5) is 28.1. The molecule has 0 saturated carbocycles. The summed E-state index contributed by atoms with van der Waals surface area (Å²) < 4.78 is 1.51. The van der Waals surface area contributed by atoms with Gasteiger partial charge in [-0.05, 0) is 34.1 Å². The number of aromatic nitrogens is 1. The molecule has 0 unspecified atom stereocenters. The lowest BCUT2D eigenvalue weighted by Crippen LogP contribution is -2.29. The van der Waals surface area contributed by atoms with E-state index in [0.717, 1.165) is 4.73 Å². The van der Waals surface area contributed by atoms with Crippen LogP contribution in [-0.4, -0.2) is 10.7 Å². The number of hydrogen-bond acceptors (Lipinski definition) is 3. The molecule has 5 heteroatoms. The monoisotopic (exact) mass is 293 g/mol. The molecule has 4 nitrogen and oxygen atoms in total. The summed E-state index contributed by atoms with van der Waals surface area (Å²) in [5.74, 6) is -0.592. The van der Waals surface area contributed by atoms with E-state index in [4.69, 9.17) is 4.84 Å². The summed E-state index contributed by atoms with van der Waals surface area (Å²) in [6.07, 6.45) is 1.39. The van der Waals surface area contributed by atoms with Gasteiger partial charge in [-0.25, -0.2) is 4.79 Å². The van der Waals surface area contributed by atoms with E-state index in [1.165, 1.54) is 12.3 Å². The van der Waals surface area contributed by atoms with Crippen molar-refractivity contribution in [3.8, 4) is 0 Å². The highest BCUT2D eigenvalue weighted by Gasteiger charge is 2.12. The maximum Gasteiger partial charge on any atom is 0.364 e. The fraction of sp³-hybridized carbons (Fsp3) is 0. The van der Waals surface area contributed by atoms with Crippen LogP contribution >= 0.6 is 15.9 Å². The molecule has 0 aliphatic rings. The molecule has 1 heterocycles. The van der Waals surface area contributed by atoms with Crippen molar-refractivity contribution in [2.45, 2.75) is 0 Å². The Bertz CT molecular complexity index is 606. The van der Waals surface area contributed by atoms with E-state index in [0.29, 0.717) is 10.0 Å². The Morgan fingerprint density at radius 3 is 2.53 bits per heavy atom. The molecule has 0 N–H and O–H groups in total. The van der Waals surface area contributed by atoms with E-state index in [2.05, 4.69) is 15.9 Å². The minimum atomic E-state index is -0.592. The van der Waals surface area contributed by atoms with Gasteiger partial charge in [-0.3, -0.25) is 4.79 Å². The predicted molar refractivity (Wildman–Crippen MR) is 65.8 cm³/mol. The molecule has 0 atom stereocenters. The molecule has 0 fully saturated rings. The molecule has 0 aliphatic heterocycles. The van der Waals surface area contributed by atoms with Crippen LogP contribution in [-0.2, 0) is 0 Å². The second-order valence-corrected chi connectivity index (χ2v) is 4.08. The zero-order valence-electron chi connectivity index (χ0n) is 8.67. The van der Waals surface area contributed by atoms with E-state index >= 15 is 0 Å². The number of hydrogen-bond donors (Lipinski definition) is 0.